The molecule has 0 amide bonds. The molecule has 0 saturated carbocycles. The number of nitrogens with zero attached hydrogens (tertiary/aromatic N) is 2. The van der Waals surface area contributed by atoms with E-state index >= 15 is 0 Å². The van der Waals surface area contributed by atoms with E-state index in [1.54, 1.807) is 4.90 Å². The van der Waals surface area contributed by atoms with Gasteiger partial charge in [-0.3, -0.25) is 0 Å². The highest BCUT2D eigenvalue weighted by atomic mass is 16.1. The molecule has 2 heterocycles. The Labute approximate surface area is 99.6 Å². The SMILES string of the molecule is Cc1n[nH]c(=O)nc1NCC[NH+]1CC[NH2+]CC1. The first-order chi connectivity index (χ1) is 8.25. The maximum atomic E-state index is 11.0. The maximum Gasteiger partial charge on any atom is 0.363 e. The third-order valence-corrected chi connectivity index (χ3v) is 3.05. The van der Waals surface area contributed by atoms with Crippen LogP contribution < -0.4 is 21.2 Å². The predicted molar refractivity (Wildman–Crippen MR) is 63.1 cm³/mol. The average Bonchev–Trinajstić information content (AvgIpc) is 2.35. The summed E-state index contributed by atoms with van der Waals surface area (Å²) in [5.74, 6) is 0.594. The summed E-state index contributed by atoms with van der Waals surface area (Å²) in [5.41, 5.74) is 0.324. The molecule has 1 aromatic rings. The number of hydrogen-bond donors (Lipinski definition) is 4. The molecule has 0 bridgehead atoms. The van der Waals surface area contributed by atoms with E-state index in [9.17, 15) is 4.79 Å². The van der Waals surface area contributed by atoms with Gasteiger partial charge in [-0.05, 0) is 6.92 Å². The minimum atomic E-state index is -0.405. The molecule has 7 nitrogen and oxygen atoms in total. The van der Waals surface area contributed by atoms with Crippen molar-refractivity contribution in [3.8, 4) is 0 Å². The summed E-state index contributed by atoms with van der Waals surface area (Å²) in [5, 5.41) is 11.7. The Morgan fingerprint density at radius 3 is 3.00 bits per heavy atom. The van der Waals surface area contributed by atoms with E-state index in [1.807, 2.05) is 6.92 Å². The van der Waals surface area contributed by atoms with Gasteiger partial charge in [-0.2, -0.15) is 10.1 Å². The van der Waals surface area contributed by atoms with Crippen molar-refractivity contribution >= 4 is 5.82 Å². The second-order valence-electron chi connectivity index (χ2n) is 4.37. The fourth-order valence-corrected chi connectivity index (χ4v) is 2.05. The summed E-state index contributed by atoms with van der Waals surface area (Å²) in [6.07, 6.45) is 0. The number of anilines is 1. The van der Waals surface area contributed by atoms with Crippen LogP contribution in [-0.4, -0.2) is 54.4 Å². The summed E-state index contributed by atoms with van der Waals surface area (Å²) in [6, 6.07) is 0. The van der Waals surface area contributed by atoms with E-state index in [0.717, 1.165) is 18.8 Å². The molecule has 1 fully saturated rings. The van der Waals surface area contributed by atoms with Crippen LogP contribution >= 0.6 is 0 Å². The molecule has 0 atom stereocenters. The van der Waals surface area contributed by atoms with Crippen LogP contribution in [0.15, 0.2) is 4.79 Å². The first kappa shape index (κ1) is 12.0. The monoisotopic (exact) mass is 240 g/mol. The standard InChI is InChI=1S/C10H18N6O/c1-8-9(13-10(17)15-14-8)12-4-7-16-5-2-11-3-6-16/h11H,2-7H2,1H3,(H2,12,13,15,17)/p+2. The number of hydrogen-bond acceptors (Lipinski definition) is 4. The van der Waals surface area contributed by atoms with Crippen LogP contribution in [0.5, 0.6) is 0 Å². The number of piperazine rings is 1. The van der Waals surface area contributed by atoms with E-state index in [-0.39, 0.29) is 0 Å². The van der Waals surface area contributed by atoms with Gasteiger partial charge in [-0.25, -0.2) is 9.89 Å². The number of aromatic nitrogens is 3. The molecular weight excluding hydrogens is 220 g/mol. The van der Waals surface area contributed by atoms with Crippen molar-refractivity contribution in [2.24, 2.45) is 0 Å². The van der Waals surface area contributed by atoms with Gasteiger partial charge in [0.1, 0.15) is 31.9 Å². The first-order valence-electron chi connectivity index (χ1n) is 6.08. The highest BCUT2D eigenvalue weighted by Gasteiger charge is 2.14. The highest BCUT2D eigenvalue weighted by molar-refractivity contribution is 5.37. The lowest BCUT2D eigenvalue weighted by Gasteiger charge is -2.22. The second kappa shape index (κ2) is 5.74. The van der Waals surface area contributed by atoms with Crippen molar-refractivity contribution in [3.05, 3.63) is 16.2 Å². The third kappa shape index (κ3) is 3.50. The number of aryl methyl sites for hydroxylation is 1. The maximum absolute atomic E-state index is 11.0. The Morgan fingerprint density at radius 1 is 1.47 bits per heavy atom. The number of nitrogens with two attached hydrogens (primary N) is 1. The van der Waals surface area contributed by atoms with E-state index in [2.05, 4.69) is 25.8 Å². The summed E-state index contributed by atoms with van der Waals surface area (Å²) < 4.78 is 0. The van der Waals surface area contributed by atoms with Gasteiger partial charge in [0.25, 0.3) is 0 Å². The van der Waals surface area contributed by atoms with Gasteiger partial charge in [-0.15, -0.1) is 0 Å². The normalized spacial score (nSPS) is 17.0. The molecule has 1 aromatic heterocycles. The van der Waals surface area contributed by atoms with Gasteiger partial charge in [0.15, 0.2) is 5.82 Å². The van der Waals surface area contributed by atoms with Crippen molar-refractivity contribution in [1.82, 2.24) is 15.2 Å². The predicted octanol–water partition coefficient (Wildman–Crippen LogP) is -3.65. The van der Waals surface area contributed by atoms with Gasteiger partial charge < -0.3 is 15.5 Å². The minimum Gasteiger partial charge on any atom is -0.363 e. The van der Waals surface area contributed by atoms with E-state index < -0.39 is 5.69 Å². The zero-order valence-electron chi connectivity index (χ0n) is 10.1. The van der Waals surface area contributed by atoms with Gasteiger partial charge in [-0.1, -0.05) is 0 Å². The summed E-state index contributed by atoms with van der Waals surface area (Å²) in [7, 11) is 0. The lowest BCUT2D eigenvalue weighted by Crippen LogP contribution is -3.20. The van der Waals surface area contributed by atoms with Crippen LogP contribution in [0.25, 0.3) is 0 Å². The van der Waals surface area contributed by atoms with Crippen LogP contribution in [0.2, 0.25) is 0 Å². The third-order valence-electron chi connectivity index (χ3n) is 3.05. The molecular formula is C10H20N6O+2. The van der Waals surface area contributed by atoms with Crippen LogP contribution in [0.4, 0.5) is 5.82 Å². The molecule has 94 valence electrons. The van der Waals surface area contributed by atoms with Crippen LogP contribution in [0.3, 0.4) is 0 Å². The summed E-state index contributed by atoms with van der Waals surface area (Å²) in [4.78, 5) is 16.5. The molecule has 1 aliphatic heterocycles. The summed E-state index contributed by atoms with van der Waals surface area (Å²) in [6.45, 7) is 8.55. The Balaban J connectivity index is 1.81. The second-order valence-corrected chi connectivity index (χ2v) is 4.37. The molecule has 1 aliphatic rings. The zero-order valence-corrected chi connectivity index (χ0v) is 10.1. The fourth-order valence-electron chi connectivity index (χ4n) is 2.05. The first-order valence-corrected chi connectivity index (χ1v) is 6.08. The number of aromatic amines is 1. The molecule has 0 aliphatic carbocycles. The molecule has 0 unspecified atom stereocenters. The highest BCUT2D eigenvalue weighted by Crippen LogP contribution is 2.01. The number of quaternary nitrogens is 2. The van der Waals surface area contributed by atoms with E-state index in [4.69, 9.17) is 0 Å². The average molecular weight is 240 g/mol. The largest absolute Gasteiger partial charge is 0.363 e. The lowest BCUT2D eigenvalue weighted by atomic mass is 10.3. The van der Waals surface area contributed by atoms with Crippen LogP contribution in [-0.2, 0) is 0 Å². The molecule has 0 radical (unpaired) electrons. The van der Waals surface area contributed by atoms with Crippen molar-refractivity contribution in [1.29, 1.82) is 0 Å². The summed E-state index contributed by atoms with van der Waals surface area (Å²) >= 11 is 0. The van der Waals surface area contributed by atoms with Gasteiger partial charge in [0.05, 0.1) is 13.1 Å². The molecule has 2 rings (SSSR count). The minimum absolute atomic E-state index is 0.405. The Morgan fingerprint density at radius 2 is 2.24 bits per heavy atom. The Hall–Kier alpha value is -1.47. The molecule has 0 spiro atoms. The number of H-pyrrole nitrogens is 1. The van der Waals surface area contributed by atoms with Gasteiger partial charge in [0.2, 0.25) is 0 Å². The topological polar surface area (TPSA) is 91.7 Å². The quantitative estimate of drug-likeness (QED) is 0.437. The van der Waals surface area contributed by atoms with Crippen molar-refractivity contribution in [2.75, 3.05) is 44.6 Å². The molecule has 17 heavy (non-hydrogen) atoms. The van der Waals surface area contributed by atoms with Crippen molar-refractivity contribution < 1.29 is 10.2 Å². The fraction of sp³-hybridized carbons (Fsp3) is 0.700. The van der Waals surface area contributed by atoms with Crippen LogP contribution in [0.1, 0.15) is 5.69 Å². The number of nitrogens with one attached hydrogen (secondary N) is 3. The Bertz CT molecular complexity index is 412. The Kier molecular flexibility index (Phi) is 4.05. The molecule has 5 N–H and O–H groups in total. The van der Waals surface area contributed by atoms with Crippen molar-refractivity contribution in [3.63, 3.8) is 0 Å². The number of rotatable bonds is 4. The zero-order chi connectivity index (χ0) is 12.1. The van der Waals surface area contributed by atoms with E-state index in [1.165, 1.54) is 26.2 Å². The van der Waals surface area contributed by atoms with Gasteiger partial charge >= 0.3 is 5.69 Å². The van der Waals surface area contributed by atoms with E-state index in [0.29, 0.717) is 5.82 Å². The lowest BCUT2D eigenvalue weighted by molar-refractivity contribution is -0.945. The van der Waals surface area contributed by atoms with Crippen molar-refractivity contribution in [2.45, 2.75) is 6.92 Å². The van der Waals surface area contributed by atoms with Gasteiger partial charge in [0, 0.05) is 0 Å². The molecule has 7 heteroatoms. The molecule has 1 saturated heterocycles. The smallest absolute Gasteiger partial charge is 0.363 e. The van der Waals surface area contributed by atoms with Crippen LogP contribution in [0, 0.1) is 6.92 Å². The molecule has 0 aromatic carbocycles.